The van der Waals surface area contributed by atoms with Gasteiger partial charge in [-0.15, -0.1) is 0 Å². The van der Waals surface area contributed by atoms with E-state index >= 15 is 0 Å². The Hall–Kier alpha value is -2.38. The lowest BCUT2D eigenvalue weighted by Crippen LogP contribution is -3.10. The highest BCUT2D eigenvalue weighted by atomic mass is 32.2. The molecule has 0 fully saturated rings. The Labute approximate surface area is 148 Å². The van der Waals surface area contributed by atoms with Crippen LogP contribution in [0.25, 0.3) is 0 Å². The summed E-state index contributed by atoms with van der Waals surface area (Å²) in [6, 6.07) is 15.9. The third kappa shape index (κ3) is 6.94. The fourth-order valence-corrected chi connectivity index (χ4v) is 3.25. The topological polar surface area (TPSA) is 76.9 Å². The molecule has 2 rings (SSSR count). The van der Waals surface area contributed by atoms with Crippen LogP contribution in [0.4, 0.5) is 5.69 Å². The van der Waals surface area contributed by atoms with Crippen molar-refractivity contribution in [3.8, 4) is 5.75 Å². The van der Waals surface area contributed by atoms with Gasteiger partial charge in [0, 0.05) is 5.69 Å². The molecule has 6 nitrogen and oxygen atoms in total. The van der Waals surface area contributed by atoms with Crippen LogP contribution in [-0.4, -0.2) is 40.2 Å². The molecule has 7 heteroatoms. The Morgan fingerprint density at radius 1 is 1.08 bits per heavy atom. The van der Waals surface area contributed by atoms with Crippen LogP contribution in [0.15, 0.2) is 54.6 Å². The van der Waals surface area contributed by atoms with Crippen LogP contribution >= 0.6 is 0 Å². The van der Waals surface area contributed by atoms with Crippen LogP contribution in [0.3, 0.4) is 0 Å². The number of para-hydroxylation sites is 1. The van der Waals surface area contributed by atoms with E-state index in [0.717, 1.165) is 16.2 Å². The van der Waals surface area contributed by atoms with Gasteiger partial charge in [0.25, 0.3) is 5.91 Å². The summed E-state index contributed by atoms with van der Waals surface area (Å²) in [5.41, 5.74) is 1.84. The largest absolute Gasteiger partial charge is 0.382 e. The quantitative estimate of drug-likeness (QED) is 0.682. The maximum atomic E-state index is 12.0. The molecule has 1 unspecified atom stereocenters. The van der Waals surface area contributed by atoms with Crippen molar-refractivity contribution in [2.45, 2.75) is 6.92 Å². The molecule has 0 radical (unpaired) electrons. The average Bonchev–Trinajstić information content (AvgIpc) is 2.56. The van der Waals surface area contributed by atoms with Crippen molar-refractivity contribution >= 4 is 21.7 Å². The maximum absolute atomic E-state index is 12.0. The third-order valence-corrected chi connectivity index (χ3v) is 4.69. The van der Waals surface area contributed by atoms with E-state index in [9.17, 15) is 13.2 Å². The molecule has 0 aromatic heterocycles. The lowest BCUT2D eigenvalue weighted by atomic mass is 10.2. The second kappa shape index (κ2) is 8.64. The number of rotatable bonds is 8. The van der Waals surface area contributed by atoms with Gasteiger partial charge in [0.1, 0.15) is 11.5 Å². The number of benzene rings is 2. The van der Waals surface area contributed by atoms with Crippen molar-refractivity contribution in [3.05, 3.63) is 60.2 Å². The number of amides is 1. The zero-order valence-electron chi connectivity index (χ0n) is 14.4. The second-order valence-corrected chi connectivity index (χ2v) is 7.65. The standard InChI is InChI=1S/C18H22N2O4S/c1-15-8-10-16(11-9-15)19-18(21)14-20(2)12-13-25(22,23)24-17-6-4-3-5-7-17/h3-11H,12-14H2,1-2H3,(H,19,21)/p+1. The zero-order chi connectivity index (χ0) is 18.3. The number of aryl methyl sites for hydroxylation is 1. The maximum Gasteiger partial charge on any atom is 0.314 e. The first-order valence-electron chi connectivity index (χ1n) is 7.99. The summed E-state index contributed by atoms with van der Waals surface area (Å²) in [5.74, 6) is -0.0362. The minimum Gasteiger partial charge on any atom is -0.382 e. The number of anilines is 1. The molecule has 0 aliphatic rings. The Morgan fingerprint density at radius 2 is 1.72 bits per heavy atom. The van der Waals surface area contributed by atoms with E-state index in [1.54, 1.807) is 37.4 Å². The molecule has 0 saturated heterocycles. The Bertz CT molecular complexity index is 790. The van der Waals surface area contributed by atoms with Crippen LogP contribution in [0.1, 0.15) is 5.56 Å². The molecule has 2 aromatic rings. The lowest BCUT2D eigenvalue weighted by Gasteiger charge is -2.14. The molecular formula is C18H23N2O4S+. The van der Waals surface area contributed by atoms with E-state index in [1.807, 2.05) is 31.2 Å². The number of hydrogen-bond acceptors (Lipinski definition) is 4. The first-order valence-corrected chi connectivity index (χ1v) is 9.57. The van der Waals surface area contributed by atoms with Crippen molar-refractivity contribution in [1.29, 1.82) is 0 Å². The van der Waals surface area contributed by atoms with Gasteiger partial charge in [0.05, 0.1) is 13.6 Å². The number of likely N-dealkylation sites (N-methyl/N-ethyl adjacent to an activating group) is 1. The van der Waals surface area contributed by atoms with E-state index < -0.39 is 10.1 Å². The van der Waals surface area contributed by atoms with Crippen molar-refractivity contribution < 1.29 is 22.3 Å². The molecular weight excluding hydrogens is 340 g/mol. The number of nitrogens with one attached hydrogen (secondary N) is 2. The summed E-state index contributed by atoms with van der Waals surface area (Å²) < 4.78 is 29.0. The smallest absolute Gasteiger partial charge is 0.314 e. The minimum absolute atomic E-state index is 0.161. The predicted octanol–water partition coefficient (Wildman–Crippen LogP) is 0.857. The molecule has 2 aromatic carbocycles. The zero-order valence-corrected chi connectivity index (χ0v) is 15.2. The molecule has 0 bridgehead atoms. The summed E-state index contributed by atoms with van der Waals surface area (Å²) in [4.78, 5) is 12.8. The highest BCUT2D eigenvalue weighted by molar-refractivity contribution is 7.87. The van der Waals surface area contributed by atoms with Gasteiger partial charge in [0.2, 0.25) is 0 Å². The van der Waals surface area contributed by atoms with Gasteiger partial charge < -0.3 is 14.4 Å². The highest BCUT2D eigenvalue weighted by Gasteiger charge is 2.18. The second-order valence-electron chi connectivity index (χ2n) is 5.96. The molecule has 1 atom stereocenters. The van der Waals surface area contributed by atoms with Gasteiger partial charge in [-0.3, -0.25) is 4.79 Å². The summed E-state index contributed by atoms with van der Waals surface area (Å²) in [7, 11) is -1.91. The van der Waals surface area contributed by atoms with Crippen molar-refractivity contribution in [1.82, 2.24) is 0 Å². The Morgan fingerprint density at radius 3 is 2.36 bits per heavy atom. The molecule has 0 spiro atoms. The number of hydrogen-bond donors (Lipinski definition) is 2. The van der Waals surface area contributed by atoms with Crippen molar-refractivity contribution in [3.63, 3.8) is 0 Å². The fraction of sp³-hybridized carbons (Fsp3) is 0.278. The van der Waals surface area contributed by atoms with E-state index in [1.165, 1.54) is 0 Å². The number of carbonyl (C=O) groups excluding carboxylic acids is 1. The fourth-order valence-electron chi connectivity index (χ4n) is 2.17. The molecule has 0 heterocycles. The van der Waals surface area contributed by atoms with E-state index in [2.05, 4.69) is 5.32 Å². The Kier molecular flexibility index (Phi) is 6.55. The normalized spacial score (nSPS) is 12.4. The minimum atomic E-state index is -3.68. The summed E-state index contributed by atoms with van der Waals surface area (Å²) >= 11 is 0. The van der Waals surface area contributed by atoms with Gasteiger partial charge in [-0.2, -0.15) is 8.42 Å². The van der Waals surface area contributed by atoms with Crippen LogP contribution in [-0.2, 0) is 14.9 Å². The average molecular weight is 363 g/mol. The van der Waals surface area contributed by atoms with Gasteiger partial charge in [-0.25, -0.2) is 0 Å². The van der Waals surface area contributed by atoms with Crippen LogP contribution in [0.5, 0.6) is 5.75 Å². The van der Waals surface area contributed by atoms with Gasteiger partial charge in [0.15, 0.2) is 6.54 Å². The summed E-state index contributed by atoms with van der Waals surface area (Å²) in [6.07, 6.45) is 0. The van der Waals surface area contributed by atoms with Gasteiger partial charge >= 0.3 is 10.1 Å². The summed E-state index contributed by atoms with van der Waals surface area (Å²) in [6.45, 7) is 2.42. The third-order valence-electron chi connectivity index (χ3n) is 3.54. The molecule has 134 valence electrons. The monoisotopic (exact) mass is 363 g/mol. The SMILES string of the molecule is Cc1ccc(NC(=O)C[NH+](C)CCS(=O)(=O)Oc2ccccc2)cc1. The van der Waals surface area contributed by atoms with E-state index in [4.69, 9.17) is 4.18 Å². The summed E-state index contributed by atoms with van der Waals surface area (Å²) in [5, 5.41) is 2.80. The van der Waals surface area contributed by atoms with Crippen molar-refractivity contribution in [2.24, 2.45) is 0 Å². The van der Waals surface area contributed by atoms with E-state index in [0.29, 0.717) is 0 Å². The van der Waals surface area contributed by atoms with Gasteiger partial charge in [-0.1, -0.05) is 35.9 Å². The molecule has 2 N–H and O–H groups in total. The molecule has 0 aliphatic heterocycles. The Balaban J connectivity index is 1.78. The highest BCUT2D eigenvalue weighted by Crippen LogP contribution is 2.11. The van der Waals surface area contributed by atoms with Gasteiger partial charge in [-0.05, 0) is 31.2 Å². The predicted molar refractivity (Wildman–Crippen MR) is 97.3 cm³/mol. The van der Waals surface area contributed by atoms with Crippen LogP contribution in [0, 0.1) is 6.92 Å². The first-order chi connectivity index (χ1) is 11.8. The van der Waals surface area contributed by atoms with Crippen LogP contribution in [0.2, 0.25) is 0 Å². The van der Waals surface area contributed by atoms with Crippen molar-refractivity contribution in [2.75, 3.05) is 31.2 Å². The van der Waals surface area contributed by atoms with E-state index in [-0.39, 0.29) is 30.5 Å². The molecule has 0 aliphatic carbocycles. The molecule has 1 amide bonds. The molecule has 25 heavy (non-hydrogen) atoms. The number of carbonyl (C=O) groups is 1. The van der Waals surface area contributed by atoms with Crippen LogP contribution < -0.4 is 14.4 Å². The lowest BCUT2D eigenvalue weighted by molar-refractivity contribution is -0.868. The first kappa shape index (κ1) is 19.0. The number of quaternary nitrogens is 1. The molecule has 0 saturated carbocycles.